The Morgan fingerprint density at radius 3 is 2.64 bits per heavy atom. The number of thiazole rings is 1. The molecule has 0 aliphatic rings. The van der Waals surface area contributed by atoms with Gasteiger partial charge in [0.25, 0.3) is 0 Å². The Morgan fingerprint density at radius 2 is 1.89 bits per heavy atom. The van der Waals surface area contributed by atoms with E-state index in [1.165, 1.54) is 16.9 Å². The molecule has 3 nitrogen and oxygen atoms in total. The number of fused-ring (bicyclic) bond motifs is 1. The van der Waals surface area contributed by atoms with E-state index < -0.39 is 0 Å². The summed E-state index contributed by atoms with van der Waals surface area (Å²) in [5, 5.41) is 10.3. The van der Waals surface area contributed by atoms with Gasteiger partial charge in [-0.05, 0) is 48.4 Å². The van der Waals surface area contributed by atoms with Gasteiger partial charge >= 0.3 is 0 Å². The van der Waals surface area contributed by atoms with Gasteiger partial charge in [0.2, 0.25) is 0 Å². The lowest BCUT2D eigenvalue weighted by Gasteiger charge is -2.07. The molecule has 1 aromatic heterocycles. The van der Waals surface area contributed by atoms with Gasteiger partial charge in [0, 0.05) is 0 Å². The van der Waals surface area contributed by atoms with E-state index in [1.807, 2.05) is 60.7 Å². The van der Waals surface area contributed by atoms with Crippen molar-refractivity contribution >= 4 is 33.2 Å². The normalized spacial score (nSPS) is 11.4. The predicted molar refractivity (Wildman–Crippen MR) is 115 cm³/mol. The van der Waals surface area contributed by atoms with Crippen molar-refractivity contribution in [2.45, 2.75) is 13.5 Å². The van der Waals surface area contributed by atoms with Crippen LogP contribution in [0.5, 0.6) is 5.75 Å². The average molecular weight is 382 g/mol. The fraction of sp³-hybridized carbons (Fsp3) is 0.0833. The van der Waals surface area contributed by atoms with Gasteiger partial charge in [-0.15, -0.1) is 11.3 Å². The van der Waals surface area contributed by atoms with Crippen LogP contribution in [-0.2, 0) is 6.61 Å². The summed E-state index contributed by atoms with van der Waals surface area (Å²) < 4.78 is 6.94. The third-order valence-electron chi connectivity index (χ3n) is 4.32. The number of allylic oxidation sites excluding steroid dienone is 1. The molecule has 0 radical (unpaired) electrons. The second-order valence-corrected chi connectivity index (χ2v) is 7.53. The molecule has 136 valence electrons. The number of aryl methyl sites for hydroxylation is 1. The van der Waals surface area contributed by atoms with Gasteiger partial charge < -0.3 is 4.74 Å². The first-order chi connectivity index (χ1) is 13.7. The second kappa shape index (κ2) is 8.08. The number of aromatic nitrogens is 1. The molecule has 0 bridgehead atoms. The molecular weight excluding hydrogens is 364 g/mol. The monoisotopic (exact) mass is 382 g/mol. The summed E-state index contributed by atoms with van der Waals surface area (Å²) >= 11 is 1.53. The van der Waals surface area contributed by atoms with Crippen LogP contribution in [0.3, 0.4) is 0 Å². The molecule has 4 heteroatoms. The minimum atomic E-state index is 0.534. The first-order valence-corrected chi connectivity index (χ1v) is 9.79. The Labute approximate surface area is 168 Å². The molecule has 0 N–H and O–H groups in total. The van der Waals surface area contributed by atoms with Gasteiger partial charge in [-0.3, -0.25) is 0 Å². The van der Waals surface area contributed by atoms with E-state index >= 15 is 0 Å². The van der Waals surface area contributed by atoms with Crippen molar-refractivity contribution in [1.82, 2.24) is 4.98 Å². The largest absolute Gasteiger partial charge is 0.489 e. The molecule has 3 aromatic carbocycles. The average Bonchev–Trinajstić information content (AvgIpc) is 3.15. The van der Waals surface area contributed by atoms with Gasteiger partial charge in [0.05, 0.1) is 15.8 Å². The highest BCUT2D eigenvalue weighted by atomic mass is 32.1. The molecule has 1 heterocycles. The quantitative estimate of drug-likeness (QED) is 0.383. The van der Waals surface area contributed by atoms with E-state index in [4.69, 9.17) is 4.74 Å². The summed E-state index contributed by atoms with van der Waals surface area (Å²) in [6, 6.07) is 26.2. The number of nitrogens with zero attached hydrogens (tertiary/aromatic N) is 2. The highest BCUT2D eigenvalue weighted by Gasteiger charge is 2.08. The fourth-order valence-electron chi connectivity index (χ4n) is 2.92. The van der Waals surface area contributed by atoms with Crippen LogP contribution in [0.1, 0.15) is 21.7 Å². The van der Waals surface area contributed by atoms with Crippen LogP contribution in [0.2, 0.25) is 0 Å². The summed E-state index contributed by atoms with van der Waals surface area (Å²) in [5.74, 6) is 0.803. The minimum Gasteiger partial charge on any atom is -0.489 e. The smallest absolute Gasteiger partial charge is 0.135 e. The summed E-state index contributed by atoms with van der Waals surface area (Å²) in [6.45, 7) is 2.61. The van der Waals surface area contributed by atoms with Crippen LogP contribution >= 0.6 is 11.3 Å². The highest BCUT2D eigenvalue weighted by Crippen LogP contribution is 2.28. The molecule has 0 aliphatic heterocycles. The number of ether oxygens (including phenoxy) is 1. The molecule has 0 amide bonds. The second-order valence-electron chi connectivity index (χ2n) is 6.50. The molecule has 0 saturated heterocycles. The summed E-state index contributed by atoms with van der Waals surface area (Å²) in [7, 11) is 0. The molecule has 0 saturated carbocycles. The summed E-state index contributed by atoms with van der Waals surface area (Å²) in [5.41, 5.74) is 4.80. The first-order valence-electron chi connectivity index (χ1n) is 8.97. The van der Waals surface area contributed by atoms with E-state index in [0.717, 1.165) is 32.1 Å². The lowest BCUT2D eigenvalue weighted by atomic mass is 10.1. The Morgan fingerprint density at radius 1 is 1.07 bits per heavy atom. The Hall–Kier alpha value is -3.42. The molecule has 28 heavy (non-hydrogen) atoms. The van der Waals surface area contributed by atoms with Crippen LogP contribution in [-0.4, -0.2) is 4.98 Å². The van der Waals surface area contributed by atoms with Crippen LogP contribution in [0.4, 0.5) is 0 Å². The van der Waals surface area contributed by atoms with E-state index in [2.05, 4.69) is 36.2 Å². The van der Waals surface area contributed by atoms with Crippen molar-refractivity contribution < 1.29 is 4.74 Å². The predicted octanol–water partition coefficient (Wildman–Crippen LogP) is 6.25. The van der Waals surface area contributed by atoms with Crippen molar-refractivity contribution in [1.29, 1.82) is 5.26 Å². The molecule has 4 rings (SSSR count). The topological polar surface area (TPSA) is 45.9 Å². The number of para-hydroxylation sites is 1. The first kappa shape index (κ1) is 18.0. The third kappa shape index (κ3) is 4.11. The minimum absolute atomic E-state index is 0.534. The third-order valence-corrected chi connectivity index (χ3v) is 5.39. The van der Waals surface area contributed by atoms with Crippen molar-refractivity contribution in [3.05, 3.63) is 94.5 Å². The number of nitriles is 1. The molecule has 0 unspecified atom stereocenters. The summed E-state index contributed by atoms with van der Waals surface area (Å²) in [6.07, 6.45) is 1.86. The standard InChI is InChI=1S/C24H18N2OS/c1-17-5-4-6-19(13-17)16-27-21-11-9-18(10-12-21)14-20(15-25)24-26-22-7-2-3-8-23(22)28-24/h2-14H,16H2,1H3/b20-14+. The molecule has 0 fully saturated rings. The van der Waals surface area contributed by atoms with Crippen LogP contribution < -0.4 is 4.74 Å². The van der Waals surface area contributed by atoms with Crippen molar-refractivity contribution in [2.24, 2.45) is 0 Å². The number of hydrogen-bond donors (Lipinski definition) is 0. The highest BCUT2D eigenvalue weighted by molar-refractivity contribution is 7.19. The lowest BCUT2D eigenvalue weighted by Crippen LogP contribution is -1.95. The van der Waals surface area contributed by atoms with E-state index in [-0.39, 0.29) is 0 Å². The van der Waals surface area contributed by atoms with Crippen LogP contribution in [0.25, 0.3) is 21.9 Å². The van der Waals surface area contributed by atoms with Gasteiger partial charge in [0.1, 0.15) is 23.4 Å². The molecule has 0 atom stereocenters. The van der Waals surface area contributed by atoms with E-state index in [0.29, 0.717) is 12.2 Å². The van der Waals surface area contributed by atoms with Gasteiger partial charge in [0.15, 0.2) is 0 Å². The maximum atomic E-state index is 9.58. The van der Waals surface area contributed by atoms with Crippen LogP contribution in [0.15, 0.2) is 72.8 Å². The Balaban J connectivity index is 1.50. The fourth-order valence-corrected chi connectivity index (χ4v) is 3.86. The van der Waals surface area contributed by atoms with Crippen LogP contribution in [0, 0.1) is 18.3 Å². The molecule has 4 aromatic rings. The van der Waals surface area contributed by atoms with Gasteiger partial charge in [-0.25, -0.2) is 4.98 Å². The Bertz CT molecular complexity index is 1150. The SMILES string of the molecule is Cc1cccc(COc2ccc(/C=C(\C#N)c3nc4ccccc4s3)cc2)c1. The van der Waals surface area contributed by atoms with Gasteiger partial charge in [-0.2, -0.15) is 5.26 Å². The van der Waals surface area contributed by atoms with E-state index in [9.17, 15) is 5.26 Å². The zero-order chi connectivity index (χ0) is 19.3. The number of rotatable bonds is 5. The number of benzene rings is 3. The molecular formula is C24H18N2OS. The number of hydrogen-bond acceptors (Lipinski definition) is 4. The molecule has 0 spiro atoms. The Kier molecular flexibility index (Phi) is 5.18. The maximum Gasteiger partial charge on any atom is 0.135 e. The van der Waals surface area contributed by atoms with Crippen molar-refractivity contribution in [3.63, 3.8) is 0 Å². The van der Waals surface area contributed by atoms with Crippen molar-refractivity contribution in [2.75, 3.05) is 0 Å². The lowest BCUT2D eigenvalue weighted by molar-refractivity contribution is 0.306. The summed E-state index contributed by atoms with van der Waals surface area (Å²) in [4.78, 5) is 4.57. The van der Waals surface area contributed by atoms with Crippen molar-refractivity contribution in [3.8, 4) is 11.8 Å². The zero-order valence-corrected chi connectivity index (χ0v) is 16.2. The van der Waals surface area contributed by atoms with E-state index in [1.54, 1.807) is 0 Å². The zero-order valence-electron chi connectivity index (χ0n) is 15.4. The van der Waals surface area contributed by atoms with Gasteiger partial charge in [-0.1, -0.05) is 54.1 Å². The molecule has 0 aliphatic carbocycles. The maximum absolute atomic E-state index is 9.58.